The van der Waals surface area contributed by atoms with Gasteiger partial charge in [-0.05, 0) is 43.9 Å². The summed E-state index contributed by atoms with van der Waals surface area (Å²) in [5.41, 5.74) is 3.71. The highest BCUT2D eigenvalue weighted by Crippen LogP contribution is 2.39. The Balaban J connectivity index is 2.20. The van der Waals surface area contributed by atoms with Crippen LogP contribution in [0.4, 0.5) is 0 Å². The van der Waals surface area contributed by atoms with E-state index in [0.29, 0.717) is 11.6 Å². The number of hydrogen-bond acceptors (Lipinski definition) is 3. The molecule has 104 valence electrons. The molecule has 1 aliphatic carbocycles. The molecule has 0 radical (unpaired) electrons. The molecule has 0 amide bonds. The predicted octanol–water partition coefficient (Wildman–Crippen LogP) is 2.94. The average Bonchev–Trinajstić information content (AvgIpc) is 3.21. The SMILES string of the molecule is COc1cc(C)cc(C)c1-c1cc(=O)[nH]c(C2CC2)n1. The molecule has 1 heterocycles. The molecule has 0 atom stereocenters. The Labute approximate surface area is 117 Å². The van der Waals surface area contributed by atoms with E-state index in [-0.39, 0.29) is 5.56 Å². The van der Waals surface area contributed by atoms with Crippen molar-refractivity contribution >= 4 is 0 Å². The normalized spacial score (nSPS) is 14.3. The first-order valence-electron chi connectivity index (χ1n) is 6.85. The van der Waals surface area contributed by atoms with Gasteiger partial charge in [-0.15, -0.1) is 0 Å². The Morgan fingerprint density at radius 2 is 2.00 bits per heavy atom. The molecular formula is C16H18N2O2. The van der Waals surface area contributed by atoms with Crippen LogP contribution in [0.15, 0.2) is 23.0 Å². The van der Waals surface area contributed by atoms with Gasteiger partial charge in [0.2, 0.25) is 0 Å². The smallest absolute Gasteiger partial charge is 0.251 e. The van der Waals surface area contributed by atoms with Crippen LogP contribution in [0, 0.1) is 13.8 Å². The zero-order chi connectivity index (χ0) is 14.3. The maximum absolute atomic E-state index is 11.9. The van der Waals surface area contributed by atoms with Crippen molar-refractivity contribution in [3.05, 3.63) is 45.5 Å². The summed E-state index contributed by atoms with van der Waals surface area (Å²) in [5.74, 6) is 1.98. The van der Waals surface area contributed by atoms with Crippen molar-refractivity contribution in [3.8, 4) is 17.0 Å². The molecule has 0 saturated heterocycles. The average molecular weight is 270 g/mol. The number of benzene rings is 1. The van der Waals surface area contributed by atoms with Gasteiger partial charge in [-0.1, -0.05) is 6.07 Å². The molecule has 1 aromatic heterocycles. The Bertz CT molecular complexity index is 715. The van der Waals surface area contributed by atoms with Crippen LogP contribution in [0.3, 0.4) is 0 Å². The molecule has 1 fully saturated rings. The van der Waals surface area contributed by atoms with E-state index in [2.05, 4.69) is 16.0 Å². The van der Waals surface area contributed by atoms with Crippen LogP contribution < -0.4 is 10.3 Å². The molecule has 4 nitrogen and oxygen atoms in total. The second kappa shape index (κ2) is 4.78. The summed E-state index contributed by atoms with van der Waals surface area (Å²) in [6.45, 7) is 4.05. The summed E-state index contributed by atoms with van der Waals surface area (Å²) in [7, 11) is 1.65. The molecule has 1 N–H and O–H groups in total. The molecule has 2 aromatic rings. The van der Waals surface area contributed by atoms with E-state index in [1.807, 2.05) is 19.9 Å². The maximum atomic E-state index is 11.9. The third-order valence-corrected chi connectivity index (χ3v) is 3.64. The van der Waals surface area contributed by atoms with E-state index in [9.17, 15) is 4.79 Å². The van der Waals surface area contributed by atoms with Gasteiger partial charge in [0, 0.05) is 17.5 Å². The third-order valence-electron chi connectivity index (χ3n) is 3.64. The highest BCUT2D eigenvalue weighted by atomic mass is 16.5. The maximum Gasteiger partial charge on any atom is 0.251 e. The predicted molar refractivity (Wildman–Crippen MR) is 78.3 cm³/mol. The molecule has 3 rings (SSSR count). The van der Waals surface area contributed by atoms with Crippen LogP contribution in [-0.4, -0.2) is 17.1 Å². The lowest BCUT2D eigenvalue weighted by molar-refractivity contribution is 0.415. The van der Waals surface area contributed by atoms with E-state index in [0.717, 1.165) is 41.1 Å². The first kappa shape index (κ1) is 12.9. The zero-order valence-corrected chi connectivity index (χ0v) is 12.0. The lowest BCUT2D eigenvalue weighted by Crippen LogP contribution is -2.11. The number of aromatic amines is 1. The number of ether oxygens (including phenoxy) is 1. The number of rotatable bonds is 3. The summed E-state index contributed by atoms with van der Waals surface area (Å²) >= 11 is 0. The molecule has 20 heavy (non-hydrogen) atoms. The highest BCUT2D eigenvalue weighted by Gasteiger charge is 2.27. The first-order chi connectivity index (χ1) is 9.58. The van der Waals surface area contributed by atoms with E-state index < -0.39 is 0 Å². The van der Waals surface area contributed by atoms with Gasteiger partial charge in [-0.25, -0.2) is 4.98 Å². The van der Waals surface area contributed by atoms with Crippen LogP contribution in [0.25, 0.3) is 11.3 Å². The quantitative estimate of drug-likeness (QED) is 0.933. The van der Waals surface area contributed by atoms with Crippen LogP contribution in [0.1, 0.15) is 35.7 Å². The van der Waals surface area contributed by atoms with Gasteiger partial charge in [0.15, 0.2) is 0 Å². The van der Waals surface area contributed by atoms with E-state index in [4.69, 9.17) is 4.74 Å². The fourth-order valence-electron chi connectivity index (χ4n) is 2.57. The molecule has 1 aromatic carbocycles. The largest absolute Gasteiger partial charge is 0.496 e. The monoisotopic (exact) mass is 270 g/mol. The van der Waals surface area contributed by atoms with Crippen molar-refractivity contribution < 1.29 is 4.74 Å². The van der Waals surface area contributed by atoms with E-state index in [1.54, 1.807) is 13.2 Å². The fraction of sp³-hybridized carbons (Fsp3) is 0.375. The van der Waals surface area contributed by atoms with Crippen LogP contribution in [-0.2, 0) is 0 Å². The standard InChI is InChI=1S/C16H18N2O2/c1-9-6-10(2)15(13(7-9)20-3)12-8-14(19)18-16(17-12)11-4-5-11/h6-8,11H,4-5H2,1-3H3,(H,17,18,19). The molecule has 0 spiro atoms. The van der Waals surface area contributed by atoms with Gasteiger partial charge < -0.3 is 9.72 Å². The van der Waals surface area contributed by atoms with Crippen LogP contribution >= 0.6 is 0 Å². The van der Waals surface area contributed by atoms with E-state index >= 15 is 0 Å². The number of nitrogens with one attached hydrogen (secondary N) is 1. The minimum atomic E-state index is -0.0982. The Kier molecular flexibility index (Phi) is 3.08. The molecule has 1 aliphatic rings. The molecule has 0 aliphatic heterocycles. The summed E-state index contributed by atoms with van der Waals surface area (Å²) in [6.07, 6.45) is 2.22. The topological polar surface area (TPSA) is 55.0 Å². The van der Waals surface area contributed by atoms with Crippen molar-refractivity contribution in [1.29, 1.82) is 0 Å². The Morgan fingerprint density at radius 1 is 1.25 bits per heavy atom. The van der Waals surface area contributed by atoms with E-state index in [1.165, 1.54) is 0 Å². The lowest BCUT2D eigenvalue weighted by atomic mass is 10.0. The summed E-state index contributed by atoms with van der Waals surface area (Å²) in [5, 5.41) is 0. The number of methoxy groups -OCH3 is 1. The van der Waals surface area contributed by atoms with Crippen molar-refractivity contribution in [2.75, 3.05) is 7.11 Å². The summed E-state index contributed by atoms with van der Waals surface area (Å²) in [4.78, 5) is 19.3. The summed E-state index contributed by atoms with van der Waals surface area (Å²) in [6, 6.07) is 5.60. The van der Waals surface area contributed by atoms with Gasteiger partial charge in [-0.2, -0.15) is 0 Å². The number of aromatic nitrogens is 2. The van der Waals surface area contributed by atoms with Crippen LogP contribution in [0.5, 0.6) is 5.75 Å². The number of aryl methyl sites for hydroxylation is 2. The Morgan fingerprint density at radius 3 is 2.65 bits per heavy atom. The van der Waals surface area contributed by atoms with Crippen molar-refractivity contribution in [1.82, 2.24) is 9.97 Å². The zero-order valence-electron chi connectivity index (χ0n) is 12.0. The van der Waals surface area contributed by atoms with Crippen molar-refractivity contribution in [2.45, 2.75) is 32.6 Å². The molecule has 0 unspecified atom stereocenters. The minimum absolute atomic E-state index is 0.0982. The Hall–Kier alpha value is -2.10. The van der Waals surface area contributed by atoms with Gasteiger partial charge in [0.1, 0.15) is 11.6 Å². The molecule has 0 bridgehead atoms. The highest BCUT2D eigenvalue weighted by molar-refractivity contribution is 5.71. The third kappa shape index (κ3) is 2.33. The van der Waals surface area contributed by atoms with Crippen LogP contribution in [0.2, 0.25) is 0 Å². The first-order valence-corrected chi connectivity index (χ1v) is 6.85. The molecule has 1 saturated carbocycles. The lowest BCUT2D eigenvalue weighted by Gasteiger charge is -2.13. The fourth-order valence-corrected chi connectivity index (χ4v) is 2.57. The second-order valence-corrected chi connectivity index (χ2v) is 5.45. The van der Waals surface area contributed by atoms with Gasteiger partial charge >= 0.3 is 0 Å². The number of H-pyrrole nitrogens is 1. The summed E-state index contributed by atoms with van der Waals surface area (Å²) < 4.78 is 5.47. The number of nitrogens with zero attached hydrogens (tertiary/aromatic N) is 1. The van der Waals surface area contributed by atoms with Crippen molar-refractivity contribution in [3.63, 3.8) is 0 Å². The van der Waals surface area contributed by atoms with Gasteiger partial charge in [-0.3, -0.25) is 4.79 Å². The van der Waals surface area contributed by atoms with Gasteiger partial charge in [0.25, 0.3) is 5.56 Å². The number of hydrogen-bond donors (Lipinski definition) is 1. The van der Waals surface area contributed by atoms with Gasteiger partial charge in [0.05, 0.1) is 12.8 Å². The second-order valence-electron chi connectivity index (χ2n) is 5.45. The molecular weight excluding hydrogens is 252 g/mol. The minimum Gasteiger partial charge on any atom is -0.496 e. The van der Waals surface area contributed by atoms with Crippen molar-refractivity contribution in [2.24, 2.45) is 0 Å². The molecule has 4 heteroatoms.